The Balaban J connectivity index is 1.66. The zero-order valence-electron chi connectivity index (χ0n) is 19.7. The molecule has 1 N–H and O–H groups in total. The summed E-state index contributed by atoms with van der Waals surface area (Å²) >= 11 is 0. The molecule has 33 heavy (non-hydrogen) atoms. The van der Waals surface area contributed by atoms with E-state index in [1.807, 2.05) is 31.2 Å². The van der Waals surface area contributed by atoms with Crippen LogP contribution >= 0.6 is 0 Å². The SMILES string of the molecule is CCOc1ccccc1CCCNS(=O)(=O)c1ccc(OC)c(C(=O)N2CCC(C)CC2)c1. The molecule has 1 amide bonds. The summed E-state index contributed by atoms with van der Waals surface area (Å²) in [5, 5.41) is 0. The number of hydrogen-bond donors (Lipinski definition) is 1. The van der Waals surface area contributed by atoms with Crippen LogP contribution < -0.4 is 14.2 Å². The molecule has 0 aromatic heterocycles. The first-order valence-electron chi connectivity index (χ1n) is 11.5. The number of para-hydroxylation sites is 1. The lowest BCUT2D eigenvalue weighted by atomic mass is 9.98. The fraction of sp³-hybridized carbons (Fsp3) is 0.480. The number of likely N-dealkylation sites (tertiary alicyclic amines) is 1. The van der Waals surface area contributed by atoms with Crippen LogP contribution in [0.2, 0.25) is 0 Å². The van der Waals surface area contributed by atoms with Gasteiger partial charge in [-0.25, -0.2) is 13.1 Å². The van der Waals surface area contributed by atoms with E-state index < -0.39 is 10.0 Å². The van der Waals surface area contributed by atoms with Crippen molar-refractivity contribution in [2.45, 2.75) is 44.4 Å². The second kappa shape index (κ2) is 11.5. The second-order valence-corrected chi connectivity index (χ2v) is 10.1. The van der Waals surface area contributed by atoms with Crippen LogP contribution in [0, 0.1) is 5.92 Å². The predicted octanol–water partition coefficient (Wildman–Crippen LogP) is 3.88. The standard InChI is InChI=1S/C25H34N2O5S/c1-4-32-23-10-6-5-8-20(23)9-7-15-26-33(29,30)21-11-12-24(31-3)22(18-21)25(28)27-16-13-19(2)14-17-27/h5-6,8,10-12,18-19,26H,4,7,9,13-17H2,1-3H3. The number of ether oxygens (including phenoxy) is 2. The molecule has 0 atom stereocenters. The lowest BCUT2D eigenvalue weighted by molar-refractivity contribution is 0.0693. The third-order valence-electron chi connectivity index (χ3n) is 5.97. The van der Waals surface area contributed by atoms with Gasteiger partial charge in [0.25, 0.3) is 5.91 Å². The van der Waals surface area contributed by atoms with Crippen LogP contribution in [0.1, 0.15) is 49.0 Å². The Bertz CT molecular complexity index is 1050. The molecular weight excluding hydrogens is 440 g/mol. The molecule has 1 fully saturated rings. The first-order chi connectivity index (χ1) is 15.9. The molecule has 1 heterocycles. The maximum atomic E-state index is 13.1. The Hall–Kier alpha value is -2.58. The number of benzene rings is 2. The highest BCUT2D eigenvalue weighted by molar-refractivity contribution is 7.89. The van der Waals surface area contributed by atoms with Crippen molar-refractivity contribution in [3.05, 3.63) is 53.6 Å². The average Bonchev–Trinajstić information content (AvgIpc) is 2.82. The first-order valence-corrected chi connectivity index (χ1v) is 13.0. The number of amides is 1. The van der Waals surface area contributed by atoms with Gasteiger partial charge in [-0.1, -0.05) is 25.1 Å². The van der Waals surface area contributed by atoms with Gasteiger partial charge in [-0.3, -0.25) is 4.79 Å². The number of rotatable bonds is 10. The third kappa shape index (κ3) is 6.48. The van der Waals surface area contributed by atoms with Crippen molar-refractivity contribution in [2.75, 3.05) is 33.4 Å². The maximum absolute atomic E-state index is 13.1. The molecule has 0 bridgehead atoms. The molecule has 2 aromatic rings. The number of nitrogens with one attached hydrogen (secondary N) is 1. The van der Waals surface area contributed by atoms with Crippen LogP contribution in [0.5, 0.6) is 11.5 Å². The molecule has 2 aromatic carbocycles. The number of carbonyl (C=O) groups excluding carboxylic acids is 1. The highest BCUT2D eigenvalue weighted by Crippen LogP contribution is 2.26. The Kier molecular flexibility index (Phi) is 8.74. The lowest BCUT2D eigenvalue weighted by Crippen LogP contribution is -2.38. The number of nitrogens with zero attached hydrogens (tertiary/aromatic N) is 1. The molecule has 0 aliphatic carbocycles. The van der Waals surface area contributed by atoms with Gasteiger partial charge in [-0.05, 0) is 68.4 Å². The highest BCUT2D eigenvalue weighted by atomic mass is 32.2. The summed E-state index contributed by atoms with van der Waals surface area (Å²) in [6, 6.07) is 12.2. The van der Waals surface area contributed by atoms with E-state index >= 15 is 0 Å². The third-order valence-corrected chi connectivity index (χ3v) is 7.43. The van der Waals surface area contributed by atoms with Crippen LogP contribution in [0.4, 0.5) is 0 Å². The monoisotopic (exact) mass is 474 g/mol. The minimum absolute atomic E-state index is 0.0618. The van der Waals surface area contributed by atoms with E-state index in [4.69, 9.17) is 9.47 Å². The van der Waals surface area contributed by atoms with Crippen LogP contribution in [0.3, 0.4) is 0 Å². The summed E-state index contributed by atoms with van der Waals surface area (Å²) in [7, 11) is -2.28. The number of methoxy groups -OCH3 is 1. The van der Waals surface area contributed by atoms with E-state index in [9.17, 15) is 13.2 Å². The summed E-state index contributed by atoms with van der Waals surface area (Å²) < 4.78 is 39.4. The van der Waals surface area contributed by atoms with E-state index in [2.05, 4.69) is 11.6 Å². The Morgan fingerprint density at radius 3 is 2.55 bits per heavy atom. The molecule has 0 radical (unpaired) electrons. The molecule has 180 valence electrons. The summed E-state index contributed by atoms with van der Waals surface area (Å²) in [6.07, 6.45) is 3.20. The van der Waals surface area contributed by atoms with Crippen molar-refractivity contribution in [3.8, 4) is 11.5 Å². The van der Waals surface area contributed by atoms with Crippen molar-refractivity contribution in [1.82, 2.24) is 9.62 Å². The van der Waals surface area contributed by atoms with Gasteiger partial charge >= 0.3 is 0 Å². The molecule has 0 unspecified atom stereocenters. The summed E-state index contributed by atoms with van der Waals surface area (Å²) in [4.78, 5) is 14.9. The molecule has 0 spiro atoms. The van der Waals surface area contributed by atoms with Gasteiger partial charge in [0.2, 0.25) is 10.0 Å². The van der Waals surface area contributed by atoms with Crippen molar-refractivity contribution >= 4 is 15.9 Å². The van der Waals surface area contributed by atoms with Gasteiger partial charge in [0.1, 0.15) is 11.5 Å². The molecule has 1 saturated heterocycles. The largest absolute Gasteiger partial charge is 0.496 e. The number of carbonyl (C=O) groups is 1. The molecule has 1 aliphatic rings. The first kappa shape index (κ1) is 25.1. The van der Waals surface area contributed by atoms with Gasteiger partial charge in [0, 0.05) is 19.6 Å². The maximum Gasteiger partial charge on any atom is 0.257 e. The summed E-state index contributed by atoms with van der Waals surface area (Å²) in [6.45, 7) is 6.31. The molecule has 7 nitrogen and oxygen atoms in total. The fourth-order valence-corrected chi connectivity index (χ4v) is 5.08. The van der Waals surface area contributed by atoms with Crippen LogP contribution in [0.15, 0.2) is 47.4 Å². The minimum atomic E-state index is -3.76. The van der Waals surface area contributed by atoms with Crippen LogP contribution in [-0.4, -0.2) is 52.6 Å². The molecule has 0 saturated carbocycles. The van der Waals surface area contributed by atoms with Crippen LogP contribution in [0.25, 0.3) is 0 Å². The van der Waals surface area contributed by atoms with Gasteiger partial charge in [0.15, 0.2) is 0 Å². The number of piperidine rings is 1. The molecule has 8 heteroatoms. The Morgan fingerprint density at radius 2 is 1.85 bits per heavy atom. The second-order valence-electron chi connectivity index (χ2n) is 8.38. The fourth-order valence-electron chi connectivity index (χ4n) is 3.98. The van der Waals surface area contributed by atoms with Gasteiger partial charge in [-0.15, -0.1) is 0 Å². The predicted molar refractivity (Wildman–Crippen MR) is 128 cm³/mol. The smallest absolute Gasteiger partial charge is 0.257 e. The zero-order chi connectivity index (χ0) is 23.8. The number of hydrogen-bond acceptors (Lipinski definition) is 5. The molecule has 3 rings (SSSR count). The van der Waals surface area contributed by atoms with E-state index in [0.29, 0.717) is 44.2 Å². The number of sulfonamides is 1. The van der Waals surface area contributed by atoms with Gasteiger partial charge < -0.3 is 14.4 Å². The molecule has 1 aliphatic heterocycles. The van der Waals surface area contributed by atoms with Crippen molar-refractivity contribution in [3.63, 3.8) is 0 Å². The summed E-state index contributed by atoms with van der Waals surface area (Å²) in [5.41, 5.74) is 1.33. The van der Waals surface area contributed by atoms with Crippen molar-refractivity contribution in [2.24, 2.45) is 5.92 Å². The zero-order valence-corrected chi connectivity index (χ0v) is 20.5. The highest BCUT2D eigenvalue weighted by Gasteiger charge is 2.26. The minimum Gasteiger partial charge on any atom is -0.496 e. The van der Waals surface area contributed by atoms with E-state index in [-0.39, 0.29) is 22.9 Å². The van der Waals surface area contributed by atoms with Crippen molar-refractivity contribution < 1.29 is 22.7 Å². The van der Waals surface area contributed by atoms with E-state index in [1.54, 1.807) is 11.0 Å². The molecular formula is C25H34N2O5S. The topological polar surface area (TPSA) is 84.9 Å². The van der Waals surface area contributed by atoms with Crippen molar-refractivity contribution in [1.29, 1.82) is 0 Å². The summed E-state index contributed by atoms with van der Waals surface area (Å²) in [5.74, 6) is 1.61. The quantitative estimate of drug-likeness (QED) is 0.529. The Labute approximate surface area is 197 Å². The van der Waals surface area contributed by atoms with Crippen LogP contribution in [-0.2, 0) is 16.4 Å². The van der Waals surface area contributed by atoms with E-state index in [1.165, 1.54) is 19.2 Å². The average molecular weight is 475 g/mol. The lowest BCUT2D eigenvalue weighted by Gasteiger charge is -2.30. The Morgan fingerprint density at radius 1 is 1.12 bits per heavy atom. The van der Waals surface area contributed by atoms with Gasteiger partial charge in [-0.2, -0.15) is 0 Å². The normalized spacial score (nSPS) is 14.8. The number of aryl methyl sites for hydroxylation is 1. The van der Waals surface area contributed by atoms with Gasteiger partial charge in [0.05, 0.1) is 24.2 Å². The van der Waals surface area contributed by atoms with E-state index in [0.717, 1.165) is 24.2 Å².